The lowest BCUT2D eigenvalue weighted by molar-refractivity contribution is 0.0509. The number of unbranched alkanes of at least 4 members (excludes halogenated alkanes) is 1. The van der Waals surface area contributed by atoms with Crippen molar-refractivity contribution in [3.8, 4) is 11.3 Å². The summed E-state index contributed by atoms with van der Waals surface area (Å²) in [7, 11) is -3.63. The third kappa shape index (κ3) is 6.27. The van der Waals surface area contributed by atoms with Gasteiger partial charge in [0.05, 0.1) is 17.1 Å². The van der Waals surface area contributed by atoms with Gasteiger partial charge < -0.3 is 9.64 Å². The van der Waals surface area contributed by atoms with Crippen molar-refractivity contribution in [3.05, 3.63) is 54.2 Å². The molecule has 0 radical (unpaired) electrons. The van der Waals surface area contributed by atoms with E-state index in [1.165, 1.54) is 0 Å². The smallest absolute Gasteiger partial charge is 0.411 e. The molecular weight excluding hydrogens is 402 g/mol. The average molecular weight is 432 g/mol. The van der Waals surface area contributed by atoms with Crippen LogP contribution in [0.25, 0.3) is 11.3 Å². The van der Waals surface area contributed by atoms with Gasteiger partial charge in [0, 0.05) is 18.7 Å². The van der Waals surface area contributed by atoms with E-state index in [1.54, 1.807) is 17.0 Å². The first-order valence-electron chi connectivity index (χ1n) is 10.5. The zero-order chi connectivity index (χ0) is 21.4. The normalized spacial score (nSPS) is 15.6. The number of carbonyl (C=O) groups excluding carboxylic acids is 1. The fourth-order valence-electron chi connectivity index (χ4n) is 3.32. The Kier molecular flexibility index (Phi) is 7.81. The van der Waals surface area contributed by atoms with Crippen molar-refractivity contribution in [2.75, 3.05) is 18.8 Å². The largest absolute Gasteiger partial charge is 0.423 e. The van der Waals surface area contributed by atoms with E-state index in [4.69, 9.17) is 4.74 Å². The van der Waals surface area contributed by atoms with Crippen LogP contribution in [-0.4, -0.2) is 43.2 Å². The Bertz CT molecular complexity index is 928. The third-order valence-corrected chi connectivity index (χ3v) is 6.39. The standard InChI is InChI=1S/C22H29N3O4S/c1-2-3-17-30(27,28)24-21(29-22(26)25-15-8-5-9-16-25)20-14-10-13-19(23-20)18-11-6-4-7-12-18/h4,6-7,10-14,21,24H,2-3,5,8-9,15-17H2,1H3. The highest BCUT2D eigenvalue weighted by Crippen LogP contribution is 2.22. The summed E-state index contributed by atoms with van der Waals surface area (Å²) in [5, 5.41) is 0. The van der Waals surface area contributed by atoms with Gasteiger partial charge in [-0.3, -0.25) is 0 Å². The van der Waals surface area contributed by atoms with E-state index in [2.05, 4.69) is 9.71 Å². The summed E-state index contributed by atoms with van der Waals surface area (Å²) in [5.41, 5.74) is 1.93. The second kappa shape index (κ2) is 10.5. The number of carbonyl (C=O) groups is 1. The molecule has 0 saturated carbocycles. The molecule has 30 heavy (non-hydrogen) atoms. The Balaban J connectivity index is 1.85. The maximum Gasteiger partial charge on any atom is 0.411 e. The van der Waals surface area contributed by atoms with Gasteiger partial charge in [0.15, 0.2) is 0 Å². The lowest BCUT2D eigenvalue weighted by atomic mass is 10.1. The predicted octanol–water partition coefficient (Wildman–Crippen LogP) is 4.09. The van der Waals surface area contributed by atoms with Crippen LogP contribution in [0.2, 0.25) is 0 Å². The molecule has 0 aliphatic carbocycles. The van der Waals surface area contributed by atoms with Crippen LogP contribution in [0.1, 0.15) is 50.9 Å². The summed E-state index contributed by atoms with van der Waals surface area (Å²) >= 11 is 0. The molecule has 1 aliphatic rings. The van der Waals surface area contributed by atoms with E-state index < -0.39 is 22.3 Å². The van der Waals surface area contributed by atoms with Crippen molar-refractivity contribution in [2.45, 2.75) is 45.3 Å². The van der Waals surface area contributed by atoms with E-state index in [0.717, 1.165) is 31.2 Å². The first-order valence-corrected chi connectivity index (χ1v) is 12.1. The lowest BCUT2D eigenvalue weighted by Crippen LogP contribution is -2.40. The number of nitrogens with one attached hydrogen (secondary N) is 1. The van der Waals surface area contributed by atoms with Gasteiger partial charge in [-0.15, -0.1) is 0 Å². The molecule has 1 saturated heterocycles. The van der Waals surface area contributed by atoms with Gasteiger partial charge in [-0.1, -0.05) is 49.7 Å². The van der Waals surface area contributed by atoms with E-state index in [0.29, 0.717) is 30.9 Å². The van der Waals surface area contributed by atoms with Gasteiger partial charge in [-0.2, -0.15) is 4.72 Å². The Morgan fingerprint density at radius 3 is 2.53 bits per heavy atom. The molecule has 1 aliphatic heterocycles. The maximum atomic E-state index is 12.7. The number of benzene rings is 1. The molecule has 1 atom stereocenters. The second-order valence-corrected chi connectivity index (χ2v) is 9.29. The lowest BCUT2D eigenvalue weighted by Gasteiger charge is -2.28. The van der Waals surface area contributed by atoms with Gasteiger partial charge in [-0.05, 0) is 37.8 Å². The van der Waals surface area contributed by atoms with Crippen LogP contribution in [0, 0.1) is 0 Å². The number of hydrogen-bond donors (Lipinski definition) is 1. The van der Waals surface area contributed by atoms with Crippen molar-refractivity contribution in [3.63, 3.8) is 0 Å². The number of sulfonamides is 1. The summed E-state index contributed by atoms with van der Waals surface area (Å²) in [4.78, 5) is 18.9. The van der Waals surface area contributed by atoms with Gasteiger partial charge in [-0.25, -0.2) is 18.2 Å². The van der Waals surface area contributed by atoms with Crippen molar-refractivity contribution >= 4 is 16.1 Å². The van der Waals surface area contributed by atoms with Crippen molar-refractivity contribution in [1.29, 1.82) is 0 Å². The summed E-state index contributed by atoms with van der Waals surface area (Å²) in [6.07, 6.45) is 2.50. The quantitative estimate of drug-likeness (QED) is 0.636. The Hall–Kier alpha value is -2.45. The zero-order valence-electron chi connectivity index (χ0n) is 17.3. The summed E-state index contributed by atoms with van der Waals surface area (Å²) in [5.74, 6) is -0.0281. The highest BCUT2D eigenvalue weighted by Gasteiger charge is 2.27. The summed E-state index contributed by atoms with van der Waals surface area (Å²) in [6.45, 7) is 3.16. The van der Waals surface area contributed by atoms with Crippen LogP contribution in [0.5, 0.6) is 0 Å². The third-order valence-electron chi connectivity index (χ3n) is 4.99. The van der Waals surface area contributed by atoms with Crippen LogP contribution < -0.4 is 4.72 Å². The van der Waals surface area contributed by atoms with E-state index in [-0.39, 0.29) is 5.75 Å². The number of hydrogen-bond acceptors (Lipinski definition) is 5. The van der Waals surface area contributed by atoms with E-state index in [1.807, 2.05) is 43.3 Å². The number of rotatable bonds is 8. The fraction of sp³-hybridized carbons (Fsp3) is 0.455. The molecule has 8 heteroatoms. The molecule has 2 aromatic rings. The molecule has 1 amide bonds. The highest BCUT2D eigenvalue weighted by molar-refractivity contribution is 7.89. The molecule has 1 aromatic carbocycles. The van der Waals surface area contributed by atoms with Crippen molar-refractivity contribution < 1.29 is 17.9 Å². The van der Waals surface area contributed by atoms with Gasteiger partial charge >= 0.3 is 6.09 Å². The molecule has 7 nitrogen and oxygen atoms in total. The number of nitrogens with zero attached hydrogens (tertiary/aromatic N) is 2. The predicted molar refractivity (Wildman–Crippen MR) is 116 cm³/mol. The summed E-state index contributed by atoms with van der Waals surface area (Å²) in [6, 6.07) is 14.9. The van der Waals surface area contributed by atoms with Crippen LogP contribution in [-0.2, 0) is 14.8 Å². The van der Waals surface area contributed by atoms with Crippen molar-refractivity contribution in [1.82, 2.24) is 14.6 Å². The average Bonchev–Trinajstić information content (AvgIpc) is 2.78. The molecule has 162 valence electrons. The molecule has 1 fully saturated rings. The van der Waals surface area contributed by atoms with Crippen molar-refractivity contribution in [2.24, 2.45) is 0 Å². The minimum absolute atomic E-state index is 0.0281. The second-order valence-electron chi connectivity index (χ2n) is 7.42. The Labute approximate surface area is 178 Å². The monoisotopic (exact) mass is 431 g/mol. The summed E-state index contributed by atoms with van der Waals surface area (Å²) < 4.78 is 33.2. The highest BCUT2D eigenvalue weighted by atomic mass is 32.2. The first kappa shape index (κ1) is 22.2. The first-order chi connectivity index (χ1) is 14.5. The number of aromatic nitrogens is 1. The van der Waals surface area contributed by atoms with E-state index in [9.17, 15) is 13.2 Å². The number of likely N-dealkylation sites (tertiary alicyclic amines) is 1. The minimum Gasteiger partial charge on any atom is -0.423 e. The minimum atomic E-state index is -3.63. The molecule has 0 spiro atoms. The van der Waals surface area contributed by atoms with Gasteiger partial charge in [0.1, 0.15) is 0 Å². The van der Waals surface area contributed by atoms with Gasteiger partial charge in [0.25, 0.3) is 0 Å². The maximum absolute atomic E-state index is 12.7. The molecule has 1 unspecified atom stereocenters. The number of amides is 1. The Morgan fingerprint density at radius 2 is 1.83 bits per heavy atom. The molecule has 2 heterocycles. The molecule has 1 aromatic heterocycles. The number of ether oxygens (including phenoxy) is 1. The topological polar surface area (TPSA) is 88.6 Å². The Morgan fingerprint density at radius 1 is 1.10 bits per heavy atom. The zero-order valence-corrected chi connectivity index (χ0v) is 18.1. The van der Waals surface area contributed by atoms with Crippen LogP contribution in [0.3, 0.4) is 0 Å². The van der Waals surface area contributed by atoms with Crippen LogP contribution >= 0.6 is 0 Å². The van der Waals surface area contributed by atoms with Gasteiger partial charge in [0.2, 0.25) is 16.3 Å². The number of piperidine rings is 1. The molecule has 1 N–H and O–H groups in total. The van der Waals surface area contributed by atoms with Crippen LogP contribution in [0.15, 0.2) is 48.5 Å². The molecule has 3 rings (SSSR count). The SMILES string of the molecule is CCCCS(=O)(=O)NC(OC(=O)N1CCCCC1)c1cccc(-c2ccccc2)n1. The molecule has 0 bridgehead atoms. The fourth-order valence-corrected chi connectivity index (χ4v) is 4.60. The van der Waals surface area contributed by atoms with E-state index >= 15 is 0 Å². The molecular formula is C22H29N3O4S. The number of pyridine rings is 1. The van der Waals surface area contributed by atoms with Crippen LogP contribution in [0.4, 0.5) is 4.79 Å².